The first-order valence-corrected chi connectivity index (χ1v) is 13.2. The van der Waals surface area contributed by atoms with Gasteiger partial charge in [0.2, 0.25) is 10.0 Å². The van der Waals surface area contributed by atoms with Gasteiger partial charge in [0.05, 0.1) is 36.7 Å². The van der Waals surface area contributed by atoms with E-state index in [0.29, 0.717) is 5.69 Å². The van der Waals surface area contributed by atoms with E-state index in [1.165, 1.54) is 11.0 Å². The van der Waals surface area contributed by atoms with Gasteiger partial charge in [0.1, 0.15) is 6.10 Å². The van der Waals surface area contributed by atoms with E-state index in [9.17, 15) is 23.1 Å². The molecule has 1 heterocycles. The number of carbonyl (C=O) groups excluding carboxylic acids is 2. The lowest BCUT2D eigenvalue weighted by molar-refractivity contribution is 0.0373. The van der Waals surface area contributed by atoms with Crippen molar-refractivity contribution in [2.75, 3.05) is 43.0 Å². The average molecular weight is 505 g/mol. The van der Waals surface area contributed by atoms with Crippen LogP contribution >= 0.6 is 0 Å². The van der Waals surface area contributed by atoms with Crippen LogP contribution in [0.2, 0.25) is 0 Å². The fraction of sp³-hybridized carbons (Fsp3) is 0.417. The van der Waals surface area contributed by atoms with Crippen LogP contribution in [-0.4, -0.2) is 80.4 Å². The minimum atomic E-state index is -3.66. The highest BCUT2D eigenvalue weighted by atomic mass is 32.2. The molecule has 0 bridgehead atoms. The Morgan fingerprint density at radius 1 is 1.23 bits per heavy atom. The van der Waals surface area contributed by atoms with E-state index in [0.717, 1.165) is 6.26 Å². The highest BCUT2D eigenvalue weighted by Gasteiger charge is 2.35. The van der Waals surface area contributed by atoms with Crippen molar-refractivity contribution in [3.05, 3.63) is 54.1 Å². The van der Waals surface area contributed by atoms with Crippen molar-refractivity contribution < 1.29 is 27.9 Å². The van der Waals surface area contributed by atoms with Gasteiger partial charge in [-0.1, -0.05) is 31.2 Å². The summed E-state index contributed by atoms with van der Waals surface area (Å²) < 4.78 is 32.6. The molecule has 3 atom stereocenters. The van der Waals surface area contributed by atoms with Crippen molar-refractivity contribution in [2.24, 2.45) is 5.92 Å². The number of para-hydroxylation sites is 2. The van der Waals surface area contributed by atoms with Crippen LogP contribution in [0.3, 0.4) is 0 Å². The van der Waals surface area contributed by atoms with E-state index in [-0.39, 0.29) is 54.6 Å². The summed E-state index contributed by atoms with van der Waals surface area (Å²) in [6, 6.07) is 12.9. The molecular weight excluding hydrogens is 472 g/mol. The molecule has 2 aromatic carbocycles. The summed E-state index contributed by atoms with van der Waals surface area (Å²) in [6.45, 7) is 3.83. The maximum Gasteiger partial charge on any atom is 0.321 e. The number of nitrogens with one attached hydrogen (secondary N) is 2. The van der Waals surface area contributed by atoms with Crippen LogP contribution in [0.5, 0.6) is 5.75 Å². The second-order valence-corrected chi connectivity index (χ2v) is 10.6. The molecule has 0 spiro atoms. The van der Waals surface area contributed by atoms with Gasteiger partial charge >= 0.3 is 6.03 Å². The summed E-state index contributed by atoms with van der Waals surface area (Å²) in [7, 11) is -2.02. The lowest BCUT2D eigenvalue weighted by atomic mass is 9.99. The Balaban J connectivity index is 1.95. The van der Waals surface area contributed by atoms with Crippen molar-refractivity contribution in [1.29, 1.82) is 0 Å². The first-order chi connectivity index (χ1) is 16.5. The van der Waals surface area contributed by atoms with E-state index >= 15 is 0 Å². The van der Waals surface area contributed by atoms with Gasteiger partial charge in [-0.25, -0.2) is 13.2 Å². The second kappa shape index (κ2) is 11.0. The number of aliphatic hydroxyl groups is 1. The first-order valence-electron chi connectivity index (χ1n) is 11.3. The molecule has 11 heteroatoms. The van der Waals surface area contributed by atoms with Crippen molar-refractivity contribution in [1.82, 2.24) is 9.80 Å². The van der Waals surface area contributed by atoms with E-state index in [4.69, 9.17) is 4.74 Å². The molecule has 0 unspecified atom stereocenters. The zero-order valence-electron chi connectivity index (χ0n) is 20.3. The molecular formula is C24H32N4O6S. The van der Waals surface area contributed by atoms with Gasteiger partial charge in [-0.3, -0.25) is 9.52 Å². The van der Waals surface area contributed by atoms with E-state index in [2.05, 4.69) is 10.0 Å². The zero-order valence-corrected chi connectivity index (χ0v) is 21.1. The summed E-state index contributed by atoms with van der Waals surface area (Å²) >= 11 is 0. The number of nitrogens with zero attached hydrogens (tertiary/aromatic N) is 2. The smallest absolute Gasteiger partial charge is 0.321 e. The Kier molecular flexibility index (Phi) is 8.23. The number of hydrogen-bond donors (Lipinski definition) is 3. The molecule has 1 aliphatic rings. The van der Waals surface area contributed by atoms with Crippen LogP contribution in [-0.2, 0) is 10.0 Å². The highest BCUT2D eigenvalue weighted by molar-refractivity contribution is 7.92. The Bertz CT molecular complexity index is 1160. The number of hydrogen-bond acceptors (Lipinski definition) is 6. The summed E-state index contributed by atoms with van der Waals surface area (Å²) in [5, 5.41) is 12.6. The number of fused-ring (bicyclic) bond motifs is 1. The van der Waals surface area contributed by atoms with Crippen LogP contribution in [0.15, 0.2) is 48.5 Å². The molecule has 35 heavy (non-hydrogen) atoms. The minimum absolute atomic E-state index is 0.0893. The number of sulfonamides is 1. The minimum Gasteiger partial charge on any atom is -0.485 e. The zero-order chi connectivity index (χ0) is 25.8. The van der Waals surface area contributed by atoms with E-state index < -0.39 is 22.2 Å². The van der Waals surface area contributed by atoms with Crippen LogP contribution in [0.1, 0.15) is 24.2 Å². The fourth-order valence-electron chi connectivity index (χ4n) is 3.83. The maximum atomic E-state index is 13.4. The molecule has 190 valence electrons. The summed E-state index contributed by atoms with van der Waals surface area (Å²) in [5.74, 6) is -0.537. The molecule has 0 saturated heterocycles. The monoisotopic (exact) mass is 504 g/mol. The van der Waals surface area contributed by atoms with Crippen LogP contribution in [0.25, 0.3) is 0 Å². The Morgan fingerprint density at radius 2 is 1.91 bits per heavy atom. The maximum absolute atomic E-state index is 13.4. The lowest BCUT2D eigenvalue weighted by Gasteiger charge is -2.38. The molecule has 3 rings (SSSR count). The highest BCUT2D eigenvalue weighted by Crippen LogP contribution is 2.35. The molecule has 0 aliphatic carbocycles. The van der Waals surface area contributed by atoms with Crippen LogP contribution < -0.4 is 14.8 Å². The summed E-state index contributed by atoms with van der Waals surface area (Å²) in [6.07, 6.45) is 0.434. The quantitative estimate of drug-likeness (QED) is 0.531. The molecule has 0 saturated carbocycles. The third-order valence-electron chi connectivity index (χ3n) is 5.81. The molecule has 0 aromatic heterocycles. The third kappa shape index (κ3) is 6.64. The molecule has 1 aliphatic heterocycles. The number of benzene rings is 2. The van der Waals surface area contributed by atoms with Gasteiger partial charge in [0, 0.05) is 25.2 Å². The van der Waals surface area contributed by atoms with Gasteiger partial charge in [0.25, 0.3) is 5.91 Å². The number of carbonyl (C=O) groups is 2. The number of urea groups is 1. The molecule has 10 nitrogen and oxygen atoms in total. The summed E-state index contributed by atoms with van der Waals surface area (Å²) in [5.41, 5.74) is 0.951. The standard InChI is InChI=1S/C24H32N4O6S/c1-16-13-28(17(2)15-29)23(30)19-11-8-12-20(26-35(4,32)33)22(19)34-21(16)14-27(3)24(31)25-18-9-6-5-7-10-18/h5-12,16-17,21,26,29H,13-15H2,1-4H3,(H,25,31)/t16-,17+,21+/m0/s1. The topological polar surface area (TPSA) is 128 Å². The lowest BCUT2D eigenvalue weighted by Crippen LogP contribution is -2.50. The van der Waals surface area contributed by atoms with Gasteiger partial charge in [0.15, 0.2) is 5.75 Å². The normalized spacial score (nSPS) is 19.0. The SMILES string of the molecule is C[C@H](CO)N1C[C@H](C)[C@@H](CN(C)C(=O)Nc2ccccc2)Oc2c(NS(C)(=O)=O)cccc2C1=O. The van der Waals surface area contributed by atoms with Gasteiger partial charge in [-0.15, -0.1) is 0 Å². The third-order valence-corrected chi connectivity index (χ3v) is 6.40. The number of rotatable bonds is 7. The van der Waals surface area contributed by atoms with Gasteiger partial charge < -0.3 is 25.0 Å². The molecule has 2 aromatic rings. The van der Waals surface area contributed by atoms with E-state index in [1.54, 1.807) is 43.1 Å². The van der Waals surface area contributed by atoms with Gasteiger partial charge in [-0.2, -0.15) is 0 Å². The number of anilines is 2. The fourth-order valence-corrected chi connectivity index (χ4v) is 4.39. The Morgan fingerprint density at radius 3 is 2.54 bits per heavy atom. The van der Waals surface area contributed by atoms with Crippen LogP contribution in [0, 0.1) is 5.92 Å². The predicted octanol–water partition coefficient (Wildman–Crippen LogP) is 2.44. The second-order valence-electron chi connectivity index (χ2n) is 8.86. The molecule has 3 N–H and O–H groups in total. The number of ether oxygens (including phenoxy) is 1. The number of aliphatic hydroxyl groups excluding tert-OH is 1. The largest absolute Gasteiger partial charge is 0.485 e. The van der Waals surface area contributed by atoms with Crippen molar-refractivity contribution in [2.45, 2.75) is 26.0 Å². The molecule has 3 amide bonds. The van der Waals surface area contributed by atoms with E-state index in [1.807, 2.05) is 25.1 Å². The Labute approximate surface area is 205 Å². The predicted molar refractivity (Wildman–Crippen MR) is 134 cm³/mol. The van der Waals surface area contributed by atoms with Crippen molar-refractivity contribution in [3.8, 4) is 5.75 Å². The number of likely N-dealkylation sites (N-methyl/N-ethyl adjacent to an activating group) is 1. The first kappa shape index (κ1) is 26.3. The molecule has 0 fully saturated rings. The van der Waals surface area contributed by atoms with Crippen molar-refractivity contribution >= 4 is 33.3 Å². The van der Waals surface area contributed by atoms with Gasteiger partial charge in [-0.05, 0) is 31.2 Å². The average Bonchev–Trinajstić information content (AvgIpc) is 2.80. The van der Waals surface area contributed by atoms with Crippen LogP contribution in [0.4, 0.5) is 16.2 Å². The summed E-state index contributed by atoms with van der Waals surface area (Å²) in [4.78, 5) is 29.2. The molecule has 0 radical (unpaired) electrons. The van der Waals surface area contributed by atoms with Crippen molar-refractivity contribution in [3.63, 3.8) is 0 Å². The number of amides is 3. The Hall–Kier alpha value is -3.31.